The van der Waals surface area contributed by atoms with Gasteiger partial charge in [0.05, 0.1) is 30.1 Å². The van der Waals surface area contributed by atoms with Crippen molar-refractivity contribution in [2.75, 3.05) is 42.8 Å². The van der Waals surface area contributed by atoms with Crippen LogP contribution in [0.1, 0.15) is 6.92 Å². The highest BCUT2D eigenvalue weighted by molar-refractivity contribution is 7.18. The normalized spacial score (nSPS) is 10.6. The van der Waals surface area contributed by atoms with Gasteiger partial charge in [0.1, 0.15) is 18.5 Å². The lowest BCUT2D eigenvalue weighted by molar-refractivity contribution is -0.712. The van der Waals surface area contributed by atoms with Crippen molar-refractivity contribution in [3.8, 4) is 5.75 Å². The summed E-state index contributed by atoms with van der Waals surface area (Å²) in [6.07, 6.45) is 0. The molecule has 3 rings (SSSR count). The molecule has 1 heterocycles. The molecule has 3 aromatic rings. The maximum absolute atomic E-state index is 11.8. The van der Waals surface area contributed by atoms with Gasteiger partial charge in [-0.05, 0) is 34.7 Å². The van der Waals surface area contributed by atoms with Crippen LogP contribution < -0.4 is 25.0 Å². The number of hydrogen-bond donors (Lipinski definition) is 2. The Bertz CT molecular complexity index is 1190. The third-order valence-corrected chi connectivity index (χ3v) is 5.60. The minimum atomic E-state index is -0.227. The third kappa shape index (κ3) is 6.24. The van der Waals surface area contributed by atoms with Crippen LogP contribution in [0.15, 0.2) is 52.7 Å². The van der Waals surface area contributed by atoms with Crippen molar-refractivity contribution >= 4 is 50.3 Å². The summed E-state index contributed by atoms with van der Waals surface area (Å²) in [7, 11) is 5.22. The summed E-state index contributed by atoms with van der Waals surface area (Å²) in [6, 6.07) is 13.1. The van der Waals surface area contributed by atoms with Crippen LogP contribution >= 0.6 is 11.3 Å². The van der Waals surface area contributed by atoms with Crippen LogP contribution in [0.2, 0.25) is 0 Å². The number of anilines is 4. The lowest BCUT2D eigenvalue weighted by Gasteiger charge is -2.14. The highest BCUT2D eigenvalue weighted by Crippen LogP contribution is 2.39. The number of azo groups is 1. The molecule has 11 heteroatoms. The number of aromatic nitrogens is 2. The van der Waals surface area contributed by atoms with Gasteiger partial charge in [0.2, 0.25) is 17.6 Å². The van der Waals surface area contributed by atoms with E-state index in [4.69, 9.17) is 11.3 Å². The van der Waals surface area contributed by atoms with Gasteiger partial charge in [-0.3, -0.25) is 4.79 Å². The van der Waals surface area contributed by atoms with E-state index in [2.05, 4.69) is 30.8 Å². The molecule has 170 valence electrons. The molecule has 1 aromatic heterocycles. The Morgan fingerprint density at radius 3 is 2.70 bits per heavy atom. The Morgan fingerprint density at radius 1 is 1.27 bits per heavy atom. The van der Waals surface area contributed by atoms with Crippen LogP contribution in [0, 0.1) is 6.57 Å². The van der Waals surface area contributed by atoms with E-state index in [0.29, 0.717) is 41.0 Å². The monoisotopic (exact) mass is 465 g/mol. The van der Waals surface area contributed by atoms with E-state index in [0.717, 1.165) is 10.8 Å². The number of nitrogens with one attached hydrogen (secondary N) is 2. The highest BCUT2D eigenvalue weighted by atomic mass is 32.1. The molecule has 0 atom stereocenters. The first kappa shape index (κ1) is 23.6. The van der Waals surface area contributed by atoms with Crippen LogP contribution in [-0.4, -0.2) is 38.3 Å². The fraction of sp³-hybridized carbons (Fsp3) is 0.273. The third-order valence-electron chi connectivity index (χ3n) is 4.49. The second kappa shape index (κ2) is 11.0. The van der Waals surface area contributed by atoms with Crippen molar-refractivity contribution in [3.63, 3.8) is 0 Å². The quantitative estimate of drug-likeness (QED) is 0.276. The molecular formula is C22H25N8O2S+. The summed E-state index contributed by atoms with van der Waals surface area (Å²) in [6.45, 7) is 9.34. The summed E-state index contributed by atoms with van der Waals surface area (Å²) in [5.74, 6) is 0.324. The van der Waals surface area contributed by atoms with Gasteiger partial charge in [-0.1, -0.05) is 23.3 Å². The van der Waals surface area contributed by atoms with Crippen molar-refractivity contribution < 1.29 is 14.2 Å². The molecule has 0 saturated carbocycles. The molecule has 0 bridgehead atoms. The van der Waals surface area contributed by atoms with Crippen LogP contribution in [0.4, 0.5) is 33.0 Å². The van der Waals surface area contributed by atoms with Crippen LogP contribution in [0.3, 0.4) is 0 Å². The summed E-state index contributed by atoms with van der Waals surface area (Å²) < 4.78 is 7.17. The molecule has 1 amide bonds. The average molecular weight is 466 g/mol. The zero-order chi connectivity index (χ0) is 23.8. The zero-order valence-electron chi connectivity index (χ0n) is 18.9. The molecule has 0 radical (unpaired) electrons. The van der Waals surface area contributed by atoms with Gasteiger partial charge in [-0.15, -0.1) is 4.68 Å². The number of likely N-dealkylation sites (N-methyl/N-ethyl adjacent to an activating group) is 1. The average Bonchev–Trinajstić information content (AvgIpc) is 3.17. The maximum Gasteiger partial charge on any atom is 0.431 e. The number of amides is 1. The lowest BCUT2D eigenvalue weighted by Crippen LogP contribution is -2.31. The van der Waals surface area contributed by atoms with E-state index in [-0.39, 0.29) is 5.91 Å². The first-order valence-electron chi connectivity index (χ1n) is 10.1. The Labute approximate surface area is 196 Å². The summed E-state index contributed by atoms with van der Waals surface area (Å²) in [4.78, 5) is 17.1. The molecule has 2 N–H and O–H groups in total. The van der Waals surface area contributed by atoms with Gasteiger partial charge in [0.25, 0.3) is 0 Å². The fourth-order valence-corrected chi connectivity index (χ4v) is 3.68. The van der Waals surface area contributed by atoms with E-state index in [9.17, 15) is 4.79 Å². The van der Waals surface area contributed by atoms with Gasteiger partial charge in [0, 0.05) is 25.7 Å². The standard InChI is InChI=1S/C22H24N8O2S/c1-15(31)24-17-13-19(25-16-9-7-6-8-10-16)20(32-5)14-18(17)26-27-21-30(4)28-22(33-21)29(3)12-11-23-2/h6-10,13-14H,11-12H2,1,3-5H3,(H,24,25,31)/p+1. The van der Waals surface area contributed by atoms with Crippen LogP contribution in [0.25, 0.3) is 4.85 Å². The number of hydrogen-bond acceptors (Lipinski definition) is 8. The largest absolute Gasteiger partial charge is 0.494 e. The summed E-state index contributed by atoms with van der Waals surface area (Å²) in [5.41, 5.74) is 2.49. The number of aryl methyl sites for hydroxylation is 1. The molecule has 10 nitrogen and oxygen atoms in total. The second-order valence-corrected chi connectivity index (χ2v) is 7.97. The molecule has 33 heavy (non-hydrogen) atoms. The molecule has 0 unspecified atom stereocenters. The Morgan fingerprint density at radius 2 is 2.03 bits per heavy atom. The van der Waals surface area contributed by atoms with Crippen molar-refractivity contribution in [2.45, 2.75) is 6.92 Å². The zero-order valence-corrected chi connectivity index (χ0v) is 19.7. The van der Waals surface area contributed by atoms with Crippen molar-refractivity contribution in [3.05, 3.63) is 53.9 Å². The van der Waals surface area contributed by atoms with E-state index >= 15 is 0 Å². The van der Waals surface area contributed by atoms with E-state index in [1.807, 2.05) is 42.3 Å². The second-order valence-electron chi connectivity index (χ2n) is 7.04. The SMILES string of the molecule is [C-]#[N+]CCN(C)c1n[n+](C)c(N=Nc2cc(OC)c(Nc3ccccc3)cc2NC(C)=O)s1. The number of rotatable bonds is 9. The molecule has 2 aromatic carbocycles. The van der Waals surface area contributed by atoms with Crippen molar-refractivity contribution in [1.82, 2.24) is 5.10 Å². The van der Waals surface area contributed by atoms with E-state index in [1.54, 1.807) is 31.0 Å². The summed E-state index contributed by atoms with van der Waals surface area (Å²) >= 11 is 1.36. The topological polar surface area (TPSA) is 99.5 Å². The first-order chi connectivity index (χ1) is 15.9. The van der Waals surface area contributed by atoms with Crippen molar-refractivity contribution in [1.29, 1.82) is 0 Å². The molecular weight excluding hydrogens is 440 g/mol. The Hall–Kier alpha value is -4.04. The summed E-state index contributed by atoms with van der Waals surface area (Å²) in [5, 5.41) is 20.6. The minimum Gasteiger partial charge on any atom is -0.494 e. The number of ether oxygens (including phenoxy) is 1. The molecule has 0 fully saturated rings. The Kier molecular flexibility index (Phi) is 7.88. The number of carbonyl (C=O) groups is 1. The lowest BCUT2D eigenvalue weighted by atomic mass is 10.2. The fourth-order valence-electron chi connectivity index (χ4n) is 2.86. The van der Waals surface area contributed by atoms with E-state index < -0.39 is 0 Å². The van der Waals surface area contributed by atoms with Gasteiger partial charge in [0.15, 0.2) is 0 Å². The van der Waals surface area contributed by atoms with Gasteiger partial charge < -0.3 is 25.1 Å². The van der Waals surface area contributed by atoms with Crippen LogP contribution in [-0.2, 0) is 11.8 Å². The van der Waals surface area contributed by atoms with Gasteiger partial charge >= 0.3 is 5.13 Å². The molecule has 0 saturated heterocycles. The smallest absolute Gasteiger partial charge is 0.431 e. The molecule has 0 spiro atoms. The minimum absolute atomic E-state index is 0.227. The number of methoxy groups -OCH3 is 1. The first-order valence-corrected chi connectivity index (χ1v) is 10.9. The number of para-hydroxylation sites is 1. The van der Waals surface area contributed by atoms with Crippen LogP contribution in [0.5, 0.6) is 5.75 Å². The van der Waals surface area contributed by atoms with E-state index in [1.165, 1.54) is 18.3 Å². The maximum atomic E-state index is 11.8. The van der Waals surface area contributed by atoms with Crippen molar-refractivity contribution in [2.24, 2.45) is 17.3 Å². The number of benzene rings is 2. The van der Waals surface area contributed by atoms with Gasteiger partial charge in [-0.25, -0.2) is 6.57 Å². The molecule has 0 aliphatic rings. The number of nitrogens with zero attached hydrogens (tertiary/aromatic N) is 6. The predicted molar refractivity (Wildman–Crippen MR) is 129 cm³/mol. The van der Waals surface area contributed by atoms with Gasteiger partial charge in [-0.2, -0.15) is 0 Å². The molecule has 0 aliphatic carbocycles. The molecule has 0 aliphatic heterocycles. The highest BCUT2D eigenvalue weighted by Gasteiger charge is 2.20. The Balaban J connectivity index is 1.93. The predicted octanol–water partition coefficient (Wildman–Crippen LogP) is 4.45. The number of carbonyl (C=O) groups excluding carboxylic acids is 1.